The van der Waals surface area contributed by atoms with Gasteiger partial charge in [0.05, 0.1) is 5.69 Å². The molecule has 22 heteroatoms. The summed E-state index contributed by atoms with van der Waals surface area (Å²) in [4.78, 5) is 58.3. The van der Waals surface area contributed by atoms with Crippen molar-refractivity contribution in [2.24, 2.45) is 10.9 Å². The Morgan fingerprint density at radius 1 is 1.25 bits per heavy atom. The minimum atomic E-state index is -5.81. The van der Waals surface area contributed by atoms with Crippen LogP contribution in [0.5, 0.6) is 0 Å². The lowest BCUT2D eigenvalue weighted by molar-refractivity contribution is -0.261. The number of halogens is 1. The highest BCUT2D eigenvalue weighted by Crippen LogP contribution is 2.66. The largest absolute Gasteiger partial charge is 0.490 e. The Labute approximate surface area is 200 Å². The maximum atomic E-state index is 15.1. The van der Waals surface area contributed by atoms with Crippen molar-refractivity contribution in [1.82, 2.24) is 9.97 Å². The second kappa shape index (κ2) is 10.4. The first-order valence-corrected chi connectivity index (χ1v) is 14.3. The minimum absolute atomic E-state index is 0.0497. The van der Waals surface area contributed by atoms with E-state index in [1.165, 1.54) is 6.21 Å². The molecule has 3 unspecified atom stereocenters. The van der Waals surface area contributed by atoms with Crippen LogP contribution in [0.2, 0.25) is 0 Å². The smallest absolute Gasteiger partial charge is 0.384 e. The number of nitrogen functional groups attached to an aromatic ring is 1. The molecule has 18 nitrogen and oxygen atoms in total. The summed E-state index contributed by atoms with van der Waals surface area (Å²) in [5, 5.41) is 10.4. The summed E-state index contributed by atoms with van der Waals surface area (Å²) in [6.07, 6.45) is -4.33. The van der Waals surface area contributed by atoms with Crippen LogP contribution in [-0.2, 0) is 42.7 Å². The number of phosphoric ester groups is 1. The lowest BCUT2D eigenvalue weighted by atomic mass is 9.93. The Balaban J connectivity index is 1.75. The van der Waals surface area contributed by atoms with Crippen LogP contribution in [0.15, 0.2) is 9.79 Å². The molecule has 1 aromatic rings. The summed E-state index contributed by atoms with van der Waals surface area (Å²) in [5.41, 5.74) is 5.09. The van der Waals surface area contributed by atoms with Gasteiger partial charge >= 0.3 is 23.5 Å². The number of hydrogen-bond donors (Lipinski definition) is 7. The molecule has 2 aliphatic rings. The summed E-state index contributed by atoms with van der Waals surface area (Å²) < 4.78 is 71.4. The maximum Gasteiger partial charge on any atom is 0.490 e. The molecule has 2 aliphatic heterocycles. The highest BCUT2D eigenvalue weighted by molar-refractivity contribution is 7.66. The second-order valence-electron chi connectivity index (χ2n) is 7.58. The van der Waals surface area contributed by atoms with E-state index in [9.17, 15) is 33.4 Å². The van der Waals surface area contributed by atoms with Crippen molar-refractivity contribution in [1.29, 1.82) is 0 Å². The first kappa shape index (κ1) is 29.1. The van der Waals surface area contributed by atoms with E-state index in [4.69, 9.17) is 25.0 Å². The van der Waals surface area contributed by atoms with Gasteiger partial charge in [0, 0.05) is 19.2 Å². The van der Waals surface area contributed by atoms with Gasteiger partial charge in [-0.2, -0.15) is 8.62 Å². The minimum Gasteiger partial charge on any atom is -0.384 e. The zero-order chi connectivity index (χ0) is 27.1. The first-order valence-electron chi connectivity index (χ1n) is 9.74. The van der Waals surface area contributed by atoms with E-state index in [0.717, 1.165) is 7.11 Å². The van der Waals surface area contributed by atoms with Gasteiger partial charge in [-0.3, -0.25) is 19.3 Å². The quantitative estimate of drug-likeness (QED) is 0.179. The SMILES string of the molecule is CO[C@]1(COP(=O)(O)OP(=O)(O)OP(=O)(O)O)O[C@@H](C2C=Nc3c(nc(N)[nH]c3=O)CC2)[C@H](F)[C@@H]1O. The molecular weight excluding hydrogens is 560 g/mol. The third-order valence-electron chi connectivity index (χ3n) is 5.11. The predicted molar refractivity (Wildman–Crippen MR) is 115 cm³/mol. The number of phosphoric acid groups is 3. The zero-order valence-corrected chi connectivity index (χ0v) is 20.8. The van der Waals surface area contributed by atoms with Crippen molar-refractivity contribution in [2.45, 2.75) is 37.0 Å². The van der Waals surface area contributed by atoms with Crippen LogP contribution in [0.4, 0.5) is 16.0 Å². The molecule has 0 amide bonds. The molecule has 0 bridgehead atoms. The van der Waals surface area contributed by atoms with Crippen LogP contribution in [0.1, 0.15) is 12.1 Å². The number of nitrogens with one attached hydrogen (secondary N) is 1. The van der Waals surface area contributed by atoms with Crippen molar-refractivity contribution in [3.63, 3.8) is 0 Å². The topological polar surface area (TPSA) is 283 Å². The fourth-order valence-corrected chi connectivity index (χ4v) is 6.61. The lowest BCUT2D eigenvalue weighted by Crippen LogP contribution is -2.47. The average molecular weight is 582 g/mol. The van der Waals surface area contributed by atoms with Gasteiger partial charge < -0.3 is 39.9 Å². The van der Waals surface area contributed by atoms with Crippen molar-refractivity contribution < 1.29 is 65.4 Å². The Kier molecular flexibility index (Phi) is 8.40. The summed E-state index contributed by atoms with van der Waals surface area (Å²) in [7, 11) is -16.1. The number of anilines is 1. The number of rotatable bonds is 9. The fourth-order valence-electron chi connectivity index (χ4n) is 3.57. The molecule has 8 N–H and O–H groups in total. The maximum absolute atomic E-state index is 15.1. The molecule has 1 aromatic heterocycles. The number of aliphatic hydroxyl groups excluding tert-OH is 1. The fraction of sp³-hybridized carbons (Fsp3) is 0.643. The number of nitrogens with zero attached hydrogens (tertiary/aromatic N) is 2. The summed E-state index contributed by atoms with van der Waals surface area (Å²) in [6, 6.07) is 0. The van der Waals surface area contributed by atoms with Gasteiger partial charge in [-0.15, -0.1) is 0 Å². The second-order valence-corrected chi connectivity index (χ2v) is 12.0. The molecule has 0 aromatic carbocycles. The van der Waals surface area contributed by atoms with Crippen LogP contribution in [-0.4, -0.2) is 78.7 Å². The number of aryl methyl sites for hydroxylation is 1. The Bertz CT molecular complexity index is 1220. The average Bonchev–Trinajstić information content (AvgIpc) is 2.85. The van der Waals surface area contributed by atoms with Crippen LogP contribution in [0, 0.1) is 5.92 Å². The molecule has 3 rings (SSSR count). The summed E-state index contributed by atoms with van der Waals surface area (Å²) >= 11 is 0. The molecule has 1 saturated heterocycles. The third-order valence-corrected chi connectivity index (χ3v) is 8.89. The van der Waals surface area contributed by atoms with Crippen LogP contribution >= 0.6 is 23.5 Å². The molecule has 0 aliphatic carbocycles. The van der Waals surface area contributed by atoms with Gasteiger partial charge in [0.2, 0.25) is 11.7 Å². The molecule has 0 spiro atoms. The van der Waals surface area contributed by atoms with Gasteiger partial charge in [0.25, 0.3) is 5.56 Å². The van der Waals surface area contributed by atoms with Crippen molar-refractivity contribution in [2.75, 3.05) is 19.5 Å². The zero-order valence-electron chi connectivity index (χ0n) is 18.1. The Hall–Kier alpha value is -1.43. The normalized spacial score (nSPS) is 31.9. The van der Waals surface area contributed by atoms with Crippen molar-refractivity contribution in [3.05, 3.63) is 16.0 Å². The molecule has 204 valence electrons. The number of alkyl halides is 1. The van der Waals surface area contributed by atoms with Gasteiger partial charge in [0.1, 0.15) is 24.5 Å². The molecule has 1 fully saturated rings. The van der Waals surface area contributed by atoms with Gasteiger partial charge in [-0.1, -0.05) is 0 Å². The van der Waals surface area contributed by atoms with Gasteiger partial charge in [-0.05, 0) is 12.8 Å². The van der Waals surface area contributed by atoms with E-state index >= 15 is 4.39 Å². The summed E-state index contributed by atoms with van der Waals surface area (Å²) in [5.74, 6) is -3.45. The molecule has 7 atom stereocenters. The van der Waals surface area contributed by atoms with E-state index < -0.39 is 65.7 Å². The monoisotopic (exact) mass is 582 g/mol. The van der Waals surface area contributed by atoms with E-state index in [0.29, 0.717) is 0 Å². The third kappa shape index (κ3) is 6.71. The Morgan fingerprint density at radius 2 is 1.92 bits per heavy atom. The number of aromatic nitrogens is 2. The number of ether oxygens (including phenoxy) is 2. The number of hydrogen-bond acceptors (Lipinski definition) is 13. The number of fused-ring (bicyclic) bond motifs is 1. The number of H-pyrrole nitrogens is 1. The predicted octanol–water partition coefficient (Wildman–Crippen LogP) is -0.599. The van der Waals surface area contributed by atoms with E-state index in [-0.39, 0.29) is 30.2 Å². The number of nitrogens with two attached hydrogens (primary N) is 1. The Morgan fingerprint density at radius 3 is 2.53 bits per heavy atom. The number of aromatic amines is 1. The standard InChI is InChI=1S/C14H22FN4O14P3/c1-29-14(5-30-35(25,26)33-36(27,28)32-34(22,23)24)11(20)8(15)10(31-14)6-2-3-7-9(17-4-6)12(21)19-13(16)18-7/h4,6,8,10-11,20H,2-3,5H2,1H3,(H,25,26)(H,27,28)(H2,22,23,24)(H3,16,18,19,21)/t6?,8-,10-,11-,14+/m0/s1. The van der Waals surface area contributed by atoms with E-state index in [1.54, 1.807) is 0 Å². The lowest BCUT2D eigenvalue weighted by Gasteiger charge is -2.31. The molecule has 3 heterocycles. The highest BCUT2D eigenvalue weighted by Gasteiger charge is 2.59. The number of aliphatic imine (C=N–C) groups is 1. The van der Waals surface area contributed by atoms with Crippen LogP contribution in [0.3, 0.4) is 0 Å². The molecule has 0 saturated carbocycles. The number of aliphatic hydroxyl groups is 1. The van der Waals surface area contributed by atoms with Crippen LogP contribution in [0.25, 0.3) is 0 Å². The molecule has 0 radical (unpaired) electrons. The van der Waals surface area contributed by atoms with E-state index in [2.05, 4.69) is 28.1 Å². The molecular formula is C14H22FN4O14P3. The molecule has 36 heavy (non-hydrogen) atoms. The van der Waals surface area contributed by atoms with Crippen molar-refractivity contribution >= 4 is 41.3 Å². The first-order chi connectivity index (χ1) is 16.5. The highest BCUT2D eigenvalue weighted by atomic mass is 31.3. The van der Waals surface area contributed by atoms with Gasteiger partial charge in [-0.25, -0.2) is 23.1 Å². The van der Waals surface area contributed by atoms with Gasteiger partial charge in [0.15, 0.2) is 6.17 Å². The van der Waals surface area contributed by atoms with Crippen LogP contribution < -0.4 is 11.3 Å². The summed E-state index contributed by atoms with van der Waals surface area (Å²) in [6.45, 7) is -1.26. The number of methoxy groups -OCH3 is 1. The van der Waals surface area contributed by atoms with E-state index in [1.807, 2.05) is 0 Å². The van der Waals surface area contributed by atoms with Crippen molar-refractivity contribution in [3.8, 4) is 0 Å².